The van der Waals surface area contributed by atoms with Crippen molar-refractivity contribution in [1.82, 2.24) is 14.7 Å². The van der Waals surface area contributed by atoms with Gasteiger partial charge in [-0.05, 0) is 53.9 Å². The van der Waals surface area contributed by atoms with Crippen LogP contribution in [0.4, 0.5) is 0 Å². The van der Waals surface area contributed by atoms with Gasteiger partial charge in [0.2, 0.25) is 0 Å². The van der Waals surface area contributed by atoms with Crippen molar-refractivity contribution in [2.75, 3.05) is 6.54 Å². The van der Waals surface area contributed by atoms with Crippen LogP contribution in [0.15, 0.2) is 22.9 Å². The first-order valence-electron chi connectivity index (χ1n) is 5.64. The van der Waals surface area contributed by atoms with Crippen LogP contribution < -0.4 is 5.32 Å². The second kappa shape index (κ2) is 3.86. The quantitative estimate of drug-likeness (QED) is 0.870. The highest BCUT2D eigenvalue weighted by molar-refractivity contribution is 9.10. The second-order valence-electron chi connectivity index (χ2n) is 4.32. The van der Waals surface area contributed by atoms with Gasteiger partial charge >= 0.3 is 0 Å². The standard InChI is InChI=1S/C12H14BrN3/c1-8-4-3-7-16-10(8)11(13)15-12(16)9-5-2-6-14-9/h3-4,7,9,14H,2,5-6H2,1H3. The largest absolute Gasteiger partial charge is 0.307 e. The summed E-state index contributed by atoms with van der Waals surface area (Å²) in [6.07, 6.45) is 4.51. The zero-order chi connectivity index (χ0) is 11.1. The molecule has 0 bridgehead atoms. The van der Waals surface area contributed by atoms with Crippen LogP contribution in [0.25, 0.3) is 5.52 Å². The minimum absolute atomic E-state index is 0.403. The van der Waals surface area contributed by atoms with Gasteiger partial charge in [0, 0.05) is 6.20 Å². The Labute approximate surface area is 103 Å². The first kappa shape index (κ1) is 10.3. The van der Waals surface area contributed by atoms with Gasteiger partial charge in [-0.1, -0.05) is 6.07 Å². The molecule has 0 spiro atoms. The van der Waals surface area contributed by atoms with Crippen LogP contribution in [0, 0.1) is 6.92 Å². The Hall–Kier alpha value is -0.870. The predicted molar refractivity (Wildman–Crippen MR) is 67.6 cm³/mol. The van der Waals surface area contributed by atoms with Crippen molar-refractivity contribution < 1.29 is 0 Å². The van der Waals surface area contributed by atoms with Crippen molar-refractivity contribution >= 4 is 21.4 Å². The summed E-state index contributed by atoms with van der Waals surface area (Å²) in [4.78, 5) is 4.65. The molecule has 1 atom stereocenters. The molecule has 84 valence electrons. The number of aryl methyl sites for hydroxylation is 1. The van der Waals surface area contributed by atoms with Crippen molar-refractivity contribution in [2.45, 2.75) is 25.8 Å². The normalized spacial score (nSPS) is 20.8. The SMILES string of the molecule is Cc1cccn2c(C3CCCN3)nc(Br)c12. The van der Waals surface area contributed by atoms with E-state index in [9.17, 15) is 0 Å². The minimum atomic E-state index is 0.403. The molecule has 1 N–H and O–H groups in total. The maximum Gasteiger partial charge on any atom is 0.132 e. The van der Waals surface area contributed by atoms with E-state index in [2.05, 4.69) is 55.9 Å². The highest BCUT2D eigenvalue weighted by atomic mass is 79.9. The van der Waals surface area contributed by atoms with Crippen LogP contribution in [0.1, 0.15) is 30.3 Å². The molecule has 3 heterocycles. The molecule has 3 rings (SSSR count). The molecule has 4 heteroatoms. The van der Waals surface area contributed by atoms with Crippen molar-refractivity contribution in [3.05, 3.63) is 34.3 Å². The van der Waals surface area contributed by atoms with E-state index in [-0.39, 0.29) is 0 Å². The first-order chi connectivity index (χ1) is 7.77. The molecule has 3 nitrogen and oxygen atoms in total. The number of fused-ring (bicyclic) bond motifs is 1. The van der Waals surface area contributed by atoms with Gasteiger partial charge in [-0.25, -0.2) is 4.98 Å². The van der Waals surface area contributed by atoms with Gasteiger partial charge in [0.15, 0.2) is 0 Å². The van der Waals surface area contributed by atoms with E-state index >= 15 is 0 Å². The number of nitrogens with one attached hydrogen (secondary N) is 1. The molecule has 1 saturated heterocycles. The number of hydrogen-bond donors (Lipinski definition) is 1. The van der Waals surface area contributed by atoms with Crippen LogP contribution in [0.3, 0.4) is 0 Å². The van der Waals surface area contributed by atoms with Gasteiger partial charge in [0.1, 0.15) is 10.4 Å². The van der Waals surface area contributed by atoms with E-state index in [1.807, 2.05) is 0 Å². The van der Waals surface area contributed by atoms with Gasteiger partial charge in [0.05, 0.1) is 11.6 Å². The predicted octanol–water partition coefficient (Wildman–Crippen LogP) is 2.83. The van der Waals surface area contributed by atoms with Crippen LogP contribution >= 0.6 is 15.9 Å². The summed E-state index contributed by atoms with van der Waals surface area (Å²) in [5, 5.41) is 3.49. The molecular weight excluding hydrogens is 266 g/mol. The van der Waals surface area contributed by atoms with E-state index < -0.39 is 0 Å². The van der Waals surface area contributed by atoms with Gasteiger partial charge in [-0.2, -0.15) is 0 Å². The van der Waals surface area contributed by atoms with Crippen LogP contribution in [0.5, 0.6) is 0 Å². The fraction of sp³-hybridized carbons (Fsp3) is 0.417. The molecule has 0 aromatic carbocycles. The molecule has 0 amide bonds. The molecule has 1 unspecified atom stereocenters. The lowest BCUT2D eigenvalue weighted by Crippen LogP contribution is -2.15. The van der Waals surface area contributed by atoms with Crippen LogP contribution in [0.2, 0.25) is 0 Å². The first-order valence-corrected chi connectivity index (χ1v) is 6.43. The summed E-state index contributed by atoms with van der Waals surface area (Å²) < 4.78 is 3.15. The molecule has 1 fully saturated rings. The van der Waals surface area contributed by atoms with E-state index in [0.29, 0.717) is 6.04 Å². The zero-order valence-corrected chi connectivity index (χ0v) is 10.8. The maximum absolute atomic E-state index is 4.65. The monoisotopic (exact) mass is 279 g/mol. The van der Waals surface area contributed by atoms with Crippen molar-refractivity contribution in [3.8, 4) is 0 Å². The third-order valence-electron chi connectivity index (χ3n) is 3.22. The van der Waals surface area contributed by atoms with E-state index in [4.69, 9.17) is 0 Å². The molecule has 1 aliphatic rings. The Bertz CT molecular complexity index is 526. The average molecular weight is 280 g/mol. The Morgan fingerprint density at radius 2 is 2.44 bits per heavy atom. The van der Waals surface area contributed by atoms with E-state index in [1.165, 1.54) is 23.9 Å². The van der Waals surface area contributed by atoms with E-state index in [1.54, 1.807) is 0 Å². The number of rotatable bonds is 1. The lowest BCUT2D eigenvalue weighted by Gasteiger charge is -2.09. The summed E-state index contributed by atoms with van der Waals surface area (Å²) in [6, 6.07) is 4.60. The second-order valence-corrected chi connectivity index (χ2v) is 5.07. The molecule has 2 aromatic heterocycles. The number of halogens is 1. The number of nitrogens with zero attached hydrogens (tertiary/aromatic N) is 2. The molecular formula is C12H14BrN3. The van der Waals surface area contributed by atoms with Crippen molar-refractivity contribution in [2.24, 2.45) is 0 Å². The van der Waals surface area contributed by atoms with Crippen molar-refractivity contribution in [1.29, 1.82) is 0 Å². The molecule has 0 aliphatic carbocycles. The molecule has 0 saturated carbocycles. The average Bonchev–Trinajstić information content (AvgIpc) is 2.86. The van der Waals surface area contributed by atoms with Gasteiger partial charge in [-0.15, -0.1) is 0 Å². The molecule has 1 aliphatic heterocycles. The van der Waals surface area contributed by atoms with Crippen LogP contribution in [-0.4, -0.2) is 15.9 Å². The van der Waals surface area contributed by atoms with Gasteiger partial charge in [-0.3, -0.25) is 0 Å². The third-order valence-corrected chi connectivity index (χ3v) is 3.78. The number of aromatic nitrogens is 2. The number of pyridine rings is 1. The highest BCUT2D eigenvalue weighted by Gasteiger charge is 2.22. The summed E-state index contributed by atoms with van der Waals surface area (Å²) >= 11 is 3.56. The van der Waals surface area contributed by atoms with Crippen LogP contribution in [-0.2, 0) is 0 Å². The fourth-order valence-electron chi connectivity index (χ4n) is 2.43. The maximum atomic E-state index is 4.65. The Morgan fingerprint density at radius 1 is 1.56 bits per heavy atom. The van der Waals surface area contributed by atoms with E-state index in [0.717, 1.165) is 17.0 Å². The third kappa shape index (κ3) is 1.48. The fourth-order valence-corrected chi connectivity index (χ4v) is 3.11. The lowest BCUT2D eigenvalue weighted by atomic mass is 10.2. The Kier molecular flexibility index (Phi) is 2.48. The Balaban J connectivity index is 2.22. The zero-order valence-electron chi connectivity index (χ0n) is 9.20. The summed E-state index contributed by atoms with van der Waals surface area (Å²) in [6.45, 7) is 3.22. The molecule has 2 aromatic rings. The highest BCUT2D eigenvalue weighted by Crippen LogP contribution is 2.28. The minimum Gasteiger partial charge on any atom is -0.307 e. The van der Waals surface area contributed by atoms with Gasteiger partial charge in [0.25, 0.3) is 0 Å². The topological polar surface area (TPSA) is 29.3 Å². The summed E-state index contributed by atoms with van der Waals surface area (Å²) in [5.74, 6) is 1.13. The smallest absolute Gasteiger partial charge is 0.132 e. The van der Waals surface area contributed by atoms with Gasteiger partial charge < -0.3 is 9.72 Å². The molecule has 16 heavy (non-hydrogen) atoms. The Morgan fingerprint density at radius 3 is 3.19 bits per heavy atom. The number of imidazole rings is 1. The summed E-state index contributed by atoms with van der Waals surface area (Å²) in [5.41, 5.74) is 2.44. The summed E-state index contributed by atoms with van der Waals surface area (Å²) in [7, 11) is 0. The molecule has 0 radical (unpaired) electrons. The van der Waals surface area contributed by atoms with Crippen molar-refractivity contribution in [3.63, 3.8) is 0 Å². The lowest BCUT2D eigenvalue weighted by molar-refractivity contribution is 0.602. The number of hydrogen-bond acceptors (Lipinski definition) is 2.